The standard InChI is InChI=1S/C12H17IO3/c1-7-9(15)5-8(14)6-12(2,13)11-4-3-10(7)16-11/h7,10-11H,3-6H2,1-2H3/t7-,10-,11+,12+/m0/s1. The quantitative estimate of drug-likeness (QED) is 0.387. The second-order valence-corrected chi connectivity index (χ2v) is 7.63. The molecule has 90 valence electrons. The summed E-state index contributed by atoms with van der Waals surface area (Å²) >= 11 is 2.31. The zero-order valence-electron chi connectivity index (χ0n) is 9.66. The summed E-state index contributed by atoms with van der Waals surface area (Å²) in [5, 5.41) is 0. The van der Waals surface area contributed by atoms with Crippen LogP contribution < -0.4 is 0 Å². The fourth-order valence-corrected chi connectivity index (χ4v) is 3.48. The van der Waals surface area contributed by atoms with Crippen molar-refractivity contribution in [2.75, 3.05) is 0 Å². The predicted octanol–water partition coefficient (Wildman–Crippen LogP) is 2.30. The van der Waals surface area contributed by atoms with Crippen molar-refractivity contribution in [1.29, 1.82) is 0 Å². The second kappa shape index (κ2) is 4.37. The number of halogens is 1. The minimum absolute atomic E-state index is 0.0255. The lowest BCUT2D eigenvalue weighted by Gasteiger charge is -2.28. The van der Waals surface area contributed by atoms with Gasteiger partial charge >= 0.3 is 0 Å². The Morgan fingerprint density at radius 1 is 1.38 bits per heavy atom. The molecule has 2 saturated heterocycles. The Labute approximate surface area is 109 Å². The minimum Gasteiger partial charge on any atom is -0.373 e. The van der Waals surface area contributed by atoms with Crippen LogP contribution in [0.3, 0.4) is 0 Å². The first-order valence-corrected chi connectivity index (χ1v) is 6.87. The van der Waals surface area contributed by atoms with Crippen LogP contribution >= 0.6 is 22.6 Å². The van der Waals surface area contributed by atoms with Gasteiger partial charge in [-0.2, -0.15) is 0 Å². The Kier molecular flexibility index (Phi) is 3.41. The Morgan fingerprint density at radius 2 is 2.06 bits per heavy atom. The molecule has 0 amide bonds. The lowest BCUT2D eigenvalue weighted by atomic mass is 9.88. The van der Waals surface area contributed by atoms with E-state index < -0.39 is 0 Å². The number of fused-ring (bicyclic) bond motifs is 2. The maximum Gasteiger partial charge on any atom is 0.145 e. The average Bonchev–Trinajstić information content (AvgIpc) is 2.63. The zero-order chi connectivity index (χ0) is 11.9. The maximum absolute atomic E-state index is 11.8. The van der Waals surface area contributed by atoms with Crippen LogP contribution in [-0.2, 0) is 14.3 Å². The van der Waals surface area contributed by atoms with Crippen molar-refractivity contribution in [1.82, 2.24) is 0 Å². The summed E-state index contributed by atoms with van der Waals surface area (Å²) in [5.41, 5.74) is 0. The van der Waals surface area contributed by atoms with E-state index in [0.717, 1.165) is 12.8 Å². The van der Waals surface area contributed by atoms with Crippen molar-refractivity contribution in [3.8, 4) is 0 Å². The SMILES string of the molecule is C[C@H]1C(=O)CC(=O)C[C@@](C)(I)[C@H]2CC[C@@H]1O2. The topological polar surface area (TPSA) is 43.4 Å². The van der Waals surface area contributed by atoms with Gasteiger partial charge in [-0.3, -0.25) is 9.59 Å². The number of ether oxygens (including phenoxy) is 1. The molecule has 0 N–H and O–H groups in total. The number of rotatable bonds is 0. The van der Waals surface area contributed by atoms with Gasteiger partial charge in [-0.05, 0) is 19.8 Å². The van der Waals surface area contributed by atoms with Crippen LogP contribution in [0.25, 0.3) is 0 Å². The van der Waals surface area contributed by atoms with Gasteiger partial charge in [0.1, 0.15) is 11.6 Å². The van der Waals surface area contributed by atoms with Gasteiger partial charge in [0.15, 0.2) is 0 Å². The molecule has 2 aliphatic rings. The highest BCUT2D eigenvalue weighted by Crippen LogP contribution is 2.40. The average molecular weight is 336 g/mol. The fourth-order valence-electron chi connectivity index (χ4n) is 2.60. The van der Waals surface area contributed by atoms with E-state index in [2.05, 4.69) is 29.5 Å². The molecule has 2 bridgehead atoms. The number of carbonyl (C=O) groups is 2. The molecule has 2 rings (SSSR count). The normalized spacial score (nSPS) is 45.1. The molecule has 0 aromatic heterocycles. The van der Waals surface area contributed by atoms with Gasteiger partial charge in [-0.25, -0.2) is 0 Å². The highest BCUT2D eigenvalue weighted by Gasteiger charge is 2.44. The third-order valence-corrected chi connectivity index (χ3v) is 4.78. The molecule has 0 spiro atoms. The van der Waals surface area contributed by atoms with E-state index in [1.54, 1.807) is 0 Å². The van der Waals surface area contributed by atoms with E-state index in [0.29, 0.717) is 6.42 Å². The molecule has 3 nitrogen and oxygen atoms in total. The lowest BCUT2D eigenvalue weighted by molar-refractivity contribution is -0.130. The molecule has 4 heteroatoms. The van der Waals surface area contributed by atoms with Gasteiger partial charge in [0.05, 0.1) is 22.1 Å². The molecule has 2 fully saturated rings. The number of hydrogen-bond donors (Lipinski definition) is 0. The van der Waals surface area contributed by atoms with Gasteiger partial charge in [0, 0.05) is 12.3 Å². The Hall–Kier alpha value is 0.0300. The minimum atomic E-state index is -0.159. The molecule has 0 aromatic rings. The smallest absolute Gasteiger partial charge is 0.145 e. The molecule has 0 aromatic carbocycles. The van der Waals surface area contributed by atoms with Crippen molar-refractivity contribution in [2.45, 2.75) is 55.2 Å². The molecule has 2 aliphatic heterocycles. The van der Waals surface area contributed by atoms with Gasteiger partial charge in [-0.15, -0.1) is 0 Å². The summed E-state index contributed by atoms with van der Waals surface area (Å²) in [5.74, 6) is -0.0195. The highest BCUT2D eigenvalue weighted by molar-refractivity contribution is 14.1. The first-order valence-electron chi connectivity index (χ1n) is 5.79. The molecule has 16 heavy (non-hydrogen) atoms. The fraction of sp³-hybridized carbons (Fsp3) is 0.833. The van der Waals surface area contributed by atoms with E-state index in [-0.39, 0.29) is 39.5 Å². The highest BCUT2D eigenvalue weighted by atomic mass is 127. The summed E-state index contributed by atoms with van der Waals surface area (Å²) < 4.78 is 5.79. The van der Waals surface area contributed by atoms with Gasteiger partial charge in [0.2, 0.25) is 0 Å². The first-order chi connectivity index (χ1) is 7.40. The lowest BCUT2D eigenvalue weighted by Crippen LogP contribution is -2.35. The molecule has 4 atom stereocenters. The maximum atomic E-state index is 11.8. The summed E-state index contributed by atoms with van der Waals surface area (Å²) in [6.45, 7) is 3.94. The van der Waals surface area contributed by atoms with E-state index >= 15 is 0 Å². The van der Waals surface area contributed by atoms with Crippen molar-refractivity contribution < 1.29 is 14.3 Å². The number of hydrogen-bond acceptors (Lipinski definition) is 3. The first kappa shape index (κ1) is 12.5. The summed E-state index contributed by atoms with van der Waals surface area (Å²) in [6.07, 6.45) is 2.60. The monoisotopic (exact) mass is 336 g/mol. The van der Waals surface area contributed by atoms with Crippen LogP contribution in [-0.4, -0.2) is 27.2 Å². The second-order valence-electron chi connectivity index (χ2n) is 5.17. The third-order valence-electron chi connectivity index (χ3n) is 3.70. The van der Waals surface area contributed by atoms with Crippen LogP contribution in [0, 0.1) is 5.92 Å². The van der Waals surface area contributed by atoms with Gasteiger partial charge in [-0.1, -0.05) is 29.5 Å². The van der Waals surface area contributed by atoms with E-state index in [9.17, 15) is 9.59 Å². The Bertz CT molecular complexity index is 324. The third kappa shape index (κ3) is 2.32. The van der Waals surface area contributed by atoms with Crippen molar-refractivity contribution in [3.63, 3.8) is 0 Å². The zero-order valence-corrected chi connectivity index (χ0v) is 11.8. The number of alkyl halides is 1. The molecule has 0 radical (unpaired) electrons. The molecule has 0 saturated carbocycles. The Balaban J connectivity index is 2.25. The summed E-state index contributed by atoms with van der Waals surface area (Å²) in [7, 11) is 0. The van der Waals surface area contributed by atoms with Crippen LogP contribution in [0.1, 0.15) is 39.5 Å². The Morgan fingerprint density at radius 3 is 2.75 bits per heavy atom. The van der Waals surface area contributed by atoms with Crippen LogP contribution in [0.2, 0.25) is 0 Å². The number of Topliss-reactive ketones (excluding diaryl/α,β-unsaturated/α-hetero) is 2. The largest absolute Gasteiger partial charge is 0.373 e. The summed E-state index contributed by atoms with van der Waals surface area (Å²) in [6, 6.07) is 0. The van der Waals surface area contributed by atoms with E-state index in [4.69, 9.17) is 4.74 Å². The molecule has 2 heterocycles. The molecular weight excluding hydrogens is 319 g/mol. The van der Waals surface area contributed by atoms with Gasteiger partial charge < -0.3 is 4.74 Å². The number of ketones is 2. The van der Waals surface area contributed by atoms with Crippen LogP contribution in [0.4, 0.5) is 0 Å². The van der Waals surface area contributed by atoms with Crippen LogP contribution in [0.5, 0.6) is 0 Å². The molecular formula is C12H17IO3. The van der Waals surface area contributed by atoms with Crippen molar-refractivity contribution in [3.05, 3.63) is 0 Å². The van der Waals surface area contributed by atoms with Crippen LogP contribution in [0.15, 0.2) is 0 Å². The van der Waals surface area contributed by atoms with E-state index in [1.807, 2.05) is 6.92 Å². The molecule has 0 aliphatic carbocycles. The van der Waals surface area contributed by atoms with Crippen molar-refractivity contribution in [2.24, 2.45) is 5.92 Å². The van der Waals surface area contributed by atoms with Crippen molar-refractivity contribution >= 4 is 34.2 Å². The molecule has 0 unspecified atom stereocenters. The summed E-state index contributed by atoms with van der Waals surface area (Å²) in [4.78, 5) is 23.6. The van der Waals surface area contributed by atoms with E-state index in [1.165, 1.54) is 0 Å². The predicted molar refractivity (Wildman–Crippen MR) is 68.7 cm³/mol. The van der Waals surface area contributed by atoms with Gasteiger partial charge in [0.25, 0.3) is 0 Å². The number of carbonyl (C=O) groups excluding carboxylic acids is 2.